The largest absolute Gasteiger partial charge is 0.435 e. The molecule has 1 saturated carbocycles. The van der Waals surface area contributed by atoms with Crippen molar-refractivity contribution in [1.29, 1.82) is 0 Å². The number of nitrogens with one attached hydrogen (secondary N) is 2. The lowest BCUT2D eigenvalue weighted by Gasteiger charge is -2.07. The van der Waals surface area contributed by atoms with E-state index in [-0.39, 0.29) is 11.7 Å². The zero-order chi connectivity index (χ0) is 13.7. The standard InChI is InChI=1S/C13H16F2N2O2/c14-13(15)19-11-5-3-10(4-6-11)17-12(18)7-8-16-9-1-2-9/h3-6,9,13,16H,1-2,7-8H2,(H,17,18). The smallest absolute Gasteiger partial charge is 0.387 e. The van der Waals surface area contributed by atoms with E-state index in [4.69, 9.17) is 0 Å². The fourth-order valence-electron chi connectivity index (χ4n) is 1.62. The van der Waals surface area contributed by atoms with Crippen LogP contribution in [0.5, 0.6) is 5.75 Å². The maximum atomic E-state index is 11.9. The average Bonchev–Trinajstić information content (AvgIpc) is 3.15. The molecule has 1 aliphatic rings. The first kappa shape index (κ1) is 13.7. The van der Waals surface area contributed by atoms with Crippen LogP contribution in [0.1, 0.15) is 19.3 Å². The highest BCUT2D eigenvalue weighted by Crippen LogP contribution is 2.19. The van der Waals surface area contributed by atoms with Crippen molar-refractivity contribution in [3.63, 3.8) is 0 Å². The number of carbonyl (C=O) groups excluding carboxylic acids is 1. The van der Waals surface area contributed by atoms with Crippen molar-refractivity contribution in [3.8, 4) is 5.75 Å². The van der Waals surface area contributed by atoms with Crippen LogP contribution in [0.3, 0.4) is 0 Å². The molecule has 1 aromatic carbocycles. The van der Waals surface area contributed by atoms with Gasteiger partial charge in [-0.2, -0.15) is 8.78 Å². The predicted octanol–water partition coefficient (Wildman–Crippen LogP) is 2.37. The first-order valence-corrected chi connectivity index (χ1v) is 6.21. The number of anilines is 1. The van der Waals surface area contributed by atoms with Gasteiger partial charge in [0.1, 0.15) is 5.75 Å². The van der Waals surface area contributed by atoms with Gasteiger partial charge >= 0.3 is 6.61 Å². The van der Waals surface area contributed by atoms with E-state index < -0.39 is 6.61 Å². The second kappa shape index (κ2) is 6.47. The SMILES string of the molecule is O=C(CCNC1CC1)Nc1ccc(OC(F)F)cc1. The maximum Gasteiger partial charge on any atom is 0.387 e. The van der Waals surface area contributed by atoms with Crippen molar-refractivity contribution in [2.24, 2.45) is 0 Å². The number of alkyl halides is 2. The molecule has 0 radical (unpaired) electrons. The Morgan fingerprint density at radius 3 is 2.58 bits per heavy atom. The minimum absolute atomic E-state index is 0.0726. The Kier molecular flexibility index (Phi) is 4.68. The van der Waals surface area contributed by atoms with E-state index in [9.17, 15) is 13.6 Å². The summed E-state index contributed by atoms with van der Waals surface area (Å²) < 4.78 is 28.1. The Morgan fingerprint density at radius 1 is 1.32 bits per heavy atom. The fourth-order valence-corrected chi connectivity index (χ4v) is 1.62. The van der Waals surface area contributed by atoms with Crippen LogP contribution in [0.25, 0.3) is 0 Å². The molecule has 1 aromatic rings. The summed E-state index contributed by atoms with van der Waals surface area (Å²) in [4.78, 5) is 11.6. The molecular weight excluding hydrogens is 254 g/mol. The van der Waals surface area contributed by atoms with E-state index in [2.05, 4.69) is 15.4 Å². The van der Waals surface area contributed by atoms with Crippen LogP contribution < -0.4 is 15.4 Å². The van der Waals surface area contributed by atoms with Gasteiger partial charge in [0.05, 0.1) is 0 Å². The molecule has 6 heteroatoms. The number of hydrogen-bond donors (Lipinski definition) is 2. The summed E-state index contributed by atoms with van der Waals surface area (Å²) in [5.41, 5.74) is 0.568. The highest BCUT2D eigenvalue weighted by atomic mass is 19.3. The van der Waals surface area contributed by atoms with E-state index >= 15 is 0 Å². The summed E-state index contributed by atoms with van der Waals surface area (Å²) in [5.74, 6) is -0.0286. The highest BCUT2D eigenvalue weighted by molar-refractivity contribution is 5.90. The maximum absolute atomic E-state index is 11.9. The summed E-state index contributed by atoms with van der Waals surface area (Å²) in [6.45, 7) is -2.18. The molecule has 2 rings (SSSR count). The minimum atomic E-state index is -2.84. The van der Waals surface area contributed by atoms with Gasteiger partial charge in [0, 0.05) is 24.7 Å². The molecule has 0 aromatic heterocycles. The third-order valence-corrected chi connectivity index (χ3v) is 2.73. The molecule has 0 saturated heterocycles. The Bertz CT molecular complexity index is 419. The lowest BCUT2D eigenvalue weighted by atomic mass is 10.3. The normalized spacial score (nSPS) is 14.5. The third kappa shape index (κ3) is 5.21. The summed E-state index contributed by atoms with van der Waals surface area (Å²) in [6, 6.07) is 6.43. The lowest BCUT2D eigenvalue weighted by Crippen LogP contribution is -2.23. The van der Waals surface area contributed by atoms with Gasteiger partial charge in [-0.05, 0) is 37.1 Å². The van der Waals surface area contributed by atoms with Crippen LogP contribution in [0.15, 0.2) is 24.3 Å². The van der Waals surface area contributed by atoms with Crippen LogP contribution in [0.4, 0.5) is 14.5 Å². The fraction of sp³-hybridized carbons (Fsp3) is 0.462. The molecule has 1 amide bonds. The van der Waals surface area contributed by atoms with Gasteiger partial charge in [-0.15, -0.1) is 0 Å². The van der Waals surface area contributed by atoms with Crippen molar-refractivity contribution >= 4 is 11.6 Å². The van der Waals surface area contributed by atoms with E-state index in [1.54, 1.807) is 0 Å². The quantitative estimate of drug-likeness (QED) is 0.799. The van der Waals surface area contributed by atoms with Crippen LogP contribution >= 0.6 is 0 Å². The first-order valence-electron chi connectivity index (χ1n) is 6.21. The molecule has 0 bridgehead atoms. The monoisotopic (exact) mass is 270 g/mol. The second-order valence-corrected chi connectivity index (χ2v) is 4.43. The number of ether oxygens (including phenoxy) is 1. The second-order valence-electron chi connectivity index (χ2n) is 4.43. The van der Waals surface area contributed by atoms with Crippen molar-refractivity contribution in [2.45, 2.75) is 31.9 Å². The Labute approximate surface area is 110 Å². The van der Waals surface area contributed by atoms with E-state index in [1.165, 1.54) is 37.1 Å². The third-order valence-electron chi connectivity index (χ3n) is 2.73. The molecule has 0 aliphatic heterocycles. The number of rotatable bonds is 7. The summed E-state index contributed by atoms with van der Waals surface area (Å²) >= 11 is 0. The van der Waals surface area contributed by atoms with E-state index in [0.29, 0.717) is 24.7 Å². The van der Waals surface area contributed by atoms with Gasteiger partial charge in [0.2, 0.25) is 5.91 Å². The van der Waals surface area contributed by atoms with Crippen LogP contribution in [-0.4, -0.2) is 25.1 Å². The van der Waals surface area contributed by atoms with Crippen molar-refractivity contribution < 1.29 is 18.3 Å². The summed E-state index contributed by atoms with van der Waals surface area (Å²) in [7, 11) is 0. The lowest BCUT2D eigenvalue weighted by molar-refractivity contribution is -0.116. The Hall–Kier alpha value is -1.69. The van der Waals surface area contributed by atoms with E-state index in [0.717, 1.165) is 0 Å². The van der Waals surface area contributed by atoms with Crippen LogP contribution in [0.2, 0.25) is 0 Å². The zero-order valence-electron chi connectivity index (χ0n) is 10.4. The molecule has 104 valence electrons. The molecule has 0 unspecified atom stereocenters. The molecule has 1 aliphatic carbocycles. The van der Waals surface area contributed by atoms with Gasteiger partial charge in [-0.1, -0.05) is 0 Å². The Morgan fingerprint density at radius 2 is 2.00 bits per heavy atom. The first-order chi connectivity index (χ1) is 9.13. The molecular formula is C13H16F2N2O2. The number of halogens is 2. The minimum Gasteiger partial charge on any atom is -0.435 e. The van der Waals surface area contributed by atoms with Crippen molar-refractivity contribution in [3.05, 3.63) is 24.3 Å². The number of hydrogen-bond acceptors (Lipinski definition) is 3. The molecule has 0 heterocycles. The summed E-state index contributed by atoms with van der Waals surface area (Å²) in [6.07, 6.45) is 2.77. The zero-order valence-corrected chi connectivity index (χ0v) is 10.4. The molecule has 0 atom stereocenters. The van der Waals surface area contributed by atoms with Gasteiger partial charge in [-0.3, -0.25) is 4.79 Å². The van der Waals surface area contributed by atoms with Crippen molar-refractivity contribution in [2.75, 3.05) is 11.9 Å². The van der Waals surface area contributed by atoms with Gasteiger partial charge in [-0.25, -0.2) is 0 Å². The van der Waals surface area contributed by atoms with Crippen LogP contribution in [-0.2, 0) is 4.79 Å². The molecule has 0 spiro atoms. The van der Waals surface area contributed by atoms with Crippen LogP contribution in [0, 0.1) is 0 Å². The van der Waals surface area contributed by atoms with Gasteiger partial charge < -0.3 is 15.4 Å². The molecule has 19 heavy (non-hydrogen) atoms. The number of amides is 1. The topological polar surface area (TPSA) is 50.4 Å². The summed E-state index contributed by atoms with van der Waals surface area (Å²) in [5, 5.41) is 5.93. The van der Waals surface area contributed by atoms with E-state index in [1.807, 2.05) is 0 Å². The molecule has 4 nitrogen and oxygen atoms in total. The van der Waals surface area contributed by atoms with Crippen molar-refractivity contribution in [1.82, 2.24) is 5.32 Å². The number of benzene rings is 1. The average molecular weight is 270 g/mol. The molecule has 2 N–H and O–H groups in total. The predicted molar refractivity (Wildman–Crippen MR) is 67.3 cm³/mol. The molecule has 1 fully saturated rings. The highest BCUT2D eigenvalue weighted by Gasteiger charge is 2.20. The van der Waals surface area contributed by atoms with Gasteiger partial charge in [0.25, 0.3) is 0 Å². The number of carbonyl (C=O) groups is 1. The van der Waals surface area contributed by atoms with Gasteiger partial charge in [0.15, 0.2) is 0 Å². The Balaban J connectivity index is 1.72.